The monoisotopic (exact) mass is 195 g/mol. The van der Waals surface area contributed by atoms with Crippen molar-refractivity contribution in [3.8, 4) is 0 Å². The molecule has 0 atom stereocenters. The normalized spacial score (nSPS) is 11.7. The highest BCUT2D eigenvalue weighted by molar-refractivity contribution is 5.45. The number of hydrogen-bond acceptors (Lipinski definition) is 3. The number of aryl methyl sites for hydroxylation is 1. The number of nitro groups is 1. The maximum absolute atomic E-state index is 10.5. The van der Waals surface area contributed by atoms with E-state index in [9.17, 15) is 10.1 Å². The van der Waals surface area contributed by atoms with E-state index in [2.05, 4.69) is 0 Å². The molecule has 0 N–H and O–H groups in total. The van der Waals surface area contributed by atoms with E-state index < -0.39 is 0 Å². The zero-order chi connectivity index (χ0) is 10.6. The van der Waals surface area contributed by atoms with Crippen LogP contribution in [0, 0.1) is 10.1 Å². The molecule has 0 amide bonds. The third-order valence-corrected chi connectivity index (χ3v) is 1.94. The summed E-state index contributed by atoms with van der Waals surface area (Å²) in [5.41, 5.74) is 0.169. The largest absolute Gasteiger partial charge is 0.461 e. The lowest BCUT2D eigenvalue weighted by molar-refractivity contribution is -0.425. The molecule has 4 nitrogen and oxygen atoms in total. The van der Waals surface area contributed by atoms with Crippen molar-refractivity contribution >= 4 is 6.08 Å². The van der Waals surface area contributed by atoms with Gasteiger partial charge in [0.05, 0.1) is 11.0 Å². The van der Waals surface area contributed by atoms with Crippen LogP contribution in [-0.4, -0.2) is 4.92 Å². The number of furan rings is 1. The highest BCUT2D eigenvalue weighted by Crippen LogP contribution is 2.14. The summed E-state index contributed by atoms with van der Waals surface area (Å²) in [4.78, 5) is 10.1. The number of allylic oxidation sites excluding steroid dienone is 1. The molecule has 1 aromatic heterocycles. The first kappa shape index (κ1) is 10.5. The average molecular weight is 195 g/mol. The molecule has 1 rings (SSSR count). The van der Waals surface area contributed by atoms with Crippen molar-refractivity contribution in [1.29, 1.82) is 0 Å². The number of rotatable bonds is 4. The Balaban J connectivity index is 2.89. The lowest BCUT2D eigenvalue weighted by atomic mass is 10.3. The third kappa shape index (κ3) is 2.45. The molecule has 1 heterocycles. The van der Waals surface area contributed by atoms with Gasteiger partial charge < -0.3 is 4.42 Å². The molecule has 1 aromatic rings. The average Bonchev–Trinajstić information content (AvgIpc) is 2.61. The zero-order valence-corrected chi connectivity index (χ0v) is 8.32. The van der Waals surface area contributed by atoms with Crippen LogP contribution >= 0.6 is 0 Å². The van der Waals surface area contributed by atoms with Crippen LogP contribution in [-0.2, 0) is 6.42 Å². The van der Waals surface area contributed by atoms with Crippen LogP contribution in [0.15, 0.2) is 22.2 Å². The van der Waals surface area contributed by atoms with Crippen molar-refractivity contribution in [2.45, 2.75) is 26.7 Å². The van der Waals surface area contributed by atoms with E-state index in [0.29, 0.717) is 12.2 Å². The zero-order valence-electron chi connectivity index (χ0n) is 8.32. The van der Waals surface area contributed by atoms with E-state index in [0.717, 1.165) is 12.2 Å². The first-order chi connectivity index (χ1) is 6.67. The smallest absolute Gasteiger partial charge is 0.249 e. The molecule has 76 valence electrons. The second kappa shape index (κ2) is 4.60. The Morgan fingerprint density at radius 3 is 2.71 bits per heavy atom. The Kier molecular flexibility index (Phi) is 3.45. The minimum absolute atomic E-state index is 0.169. The third-order valence-electron chi connectivity index (χ3n) is 1.94. The predicted molar refractivity (Wildman–Crippen MR) is 53.3 cm³/mol. The van der Waals surface area contributed by atoms with Crippen molar-refractivity contribution in [2.24, 2.45) is 0 Å². The molecule has 0 aliphatic carbocycles. The fourth-order valence-electron chi connectivity index (χ4n) is 1.11. The topological polar surface area (TPSA) is 56.3 Å². The maximum Gasteiger partial charge on any atom is 0.249 e. The standard InChI is InChI=1S/C10H13NO3/c1-3-8(11(12)13)7-10-6-5-9(4-2)14-10/h5-7H,3-4H2,1-2H3. The molecule has 0 spiro atoms. The van der Waals surface area contributed by atoms with Gasteiger partial charge in [0.15, 0.2) is 0 Å². The molecule has 0 aliphatic heterocycles. The lowest BCUT2D eigenvalue weighted by Crippen LogP contribution is -1.96. The minimum Gasteiger partial charge on any atom is -0.461 e. The summed E-state index contributed by atoms with van der Waals surface area (Å²) in [6, 6.07) is 3.58. The van der Waals surface area contributed by atoms with Crippen molar-refractivity contribution < 1.29 is 9.34 Å². The Bertz CT molecular complexity index is 352. The first-order valence-electron chi connectivity index (χ1n) is 4.61. The maximum atomic E-state index is 10.5. The van der Waals surface area contributed by atoms with Crippen LogP contribution in [0.2, 0.25) is 0 Å². The molecule has 14 heavy (non-hydrogen) atoms. The molecule has 0 fully saturated rings. The van der Waals surface area contributed by atoms with Crippen molar-refractivity contribution in [3.05, 3.63) is 39.5 Å². The lowest BCUT2D eigenvalue weighted by Gasteiger charge is -1.92. The summed E-state index contributed by atoms with van der Waals surface area (Å²) in [7, 11) is 0. The van der Waals surface area contributed by atoms with Gasteiger partial charge in [-0.15, -0.1) is 0 Å². The number of hydrogen-bond donors (Lipinski definition) is 0. The highest BCUT2D eigenvalue weighted by atomic mass is 16.6. The van der Waals surface area contributed by atoms with Crippen LogP contribution in [0.25, 0.3) is 6.08 Å². The first-order valence-corrected chi connectivity index (χ1v) is 4.61. The molecule has 0 bridgehead atoms. The second-order valence-corrected chi connectivity index (χ2v) is 2.90. The van der Waals surface area contributed by atoms with Gasteiger partial charge in [-0.05, 0) is 12.1 Å². The molecular formula is C10H13NO3. The highest BCUT2D eigenvalue weighted by Gasteiger charge is 2.08. The Morgan fingerprint density at radius 1 is 1.57 bits per heavy atom. The molecule has 0 radical (unpaired) electrons. The summed E-state index contributed by atoms with van der Waals surface area (Å²) in [6.45, 7) is 3.72. The fourth-order valence-corrected chi connectivity index (χ4v) is 1.11. The van der Waals surface area contributed by atoms with Crippen LogP contribution in [0.4, 0.5) is 0 Å². The van der Waals surface area contributed by atoms with Crippen LogP contribution < -0.4 is 0 Å². The summed E-state index contributed by atoms with van der Waals surface area (Å²) < 4.78 is 5.33. The molecule has 4 heteroatoms. The van der Waals surface area contributed by atoms with Gasteiger partial charge in [0, 0.05) is 12.8 Å². The van der Waals surface area contributed by atoms with Gasteiger partial charge in [0.1, 0.15) is 11.5 Å². The Hall–Kier alpha value is -1.58. The van der Waals surface area contributed by atoms with E-state index in [-0.39, 0.29) is 10.6 Å². The minimum atomic E-state index is -0.381. The van der Waals surface area contributed by atoms with E-state index in [4.69, 9.17) is 4.42 Å². The summed E-state index contributed by atoms with van der Waals surface area (Å²) in [5, 5.41) is 10.5. The van der Waals surface area contributed by atoms with Crippen LogP contribution in [0.3, 0.4) is 0 Å². The molecule has 0 unspecified atom stereocenters. The Morgan fingerprint density at radius 2 is 2.29 bits per heavy atom. The van der Waals surface area contributed by atoms with E-state index >= 15 is 0 Å². The van der Waals surface area contributed by atoms with Crippen molar-refractivity contribution in [2.75, 3.05) is 0 Å². The van der Waals surface area contributed by atoms with Gasteiger partial charge in [-0.2, -0.15) is 0 Å². The van der Waals surface area contributed by atoms with Gasteiger partial charge in [0.25, 0.3) is 0 Å². The van der Waals surface area contributed by atoms with Gasteiger partial charge in [-0.1, -0.05) is 13.8 Å². The van der Waals surface area contributed by atoms with E-state index in [1.165, 1.54) is 6.08 Å². The molecule has 0 saturated heterocycles. The summed E-state index contributed by atoms with van der Waals surface area (Å²) >= 11 is 0. The Labute approximate surface area is 82.4 Å². The fraction of sp³-hybridized carbons (Fsp3) is 0.400. The van der Waals surface area contributed by atoms with E-state index in [1.807, 2.05) is 13.0 Å². The quantitative estimate of drug-likeness (QED) is 0.548. The van der Waals surface area contributed by atoms with Gasteiger partial charge in [-0.25, -0.2) is 0 Å². The van der Waals surface area contributed by atoms with Gasteiger partial charge in [-0.3, -0.25) is 10.1 Å². The second-order valence-electron chi connectivity index (χ2n) is 2.90. The van der Waals surface area contributed by atoms with Gasteiger partial charge in [0.2, 0.25) is 5.70 Å². The SMILES string of the molecule is CCC(=Cc1ccc(CC)o1)[N+](=O)[O-]. The summed E-state index contributed by atoms with van der Waals surface area (Å²) in [6.07, 6.45) is 2.67. The molecule has 0 saturated carbocycles. The summed E-state index contributed by atoms with van der Waals surface area (Å²) in [5.74, 6) is 1.39. The predicted octanol–water partition coefficient (Wildman–Crippen LogP) is 2.87. The van der Waals surface area contributed by atoms with Crippen LogP contribution in [0.1, 0.15) is 31.8 Å². The van der Waals surface area contributed by atoms with Crippen molar-refractivity contribution in [1.82, 2.24) is 0 Å². The number of nitrogens with zero attached hydrogens (tertiary/aromatic N) is 1. The van der Waals surface area contributed by atoms with E-state index in [1.54, 1.807) is 13.0 Å². The molecule has 0 aliphatic rings. The van der Waals surface area contributed by atoms with Crippen LogP contribution in [0.5, 0.6) is 0 Å². The van der Waals surface area contributed by atoms with Gasteiger partial charge >= 0.3 is 0 Å². The van der Waals surface area contributed by atoms with Crippen molar-refractivity contribution in [3.63, 3.8) is 0 Å². The molecular weight excluding hydrogens is 182 g/mol. The molecule has 0 aromatic carbocycles.